The van der Waals surface area contributed by atoms with Crippen LogP contribution < -0.4 is 32.0 Å². The number of nitrogens with zero attached hydrogens (tertiary/aromatic N) is 2. The third-order valence-electron chi connectivity index (χ3n) is 5.11. The standard InChI is InChI=1S/C14H9F4N3O3.C8H3ClF4O2.C6H7N3O/c15-10-6-8(24-14(16,17)18)1-2-9(10)13(23)21-7-3-4-20-11(5-7)12(19)22;9-7(14)5-2-1-4(3-6(5)10)15-8(11,12)13;7-4-1-2-9-5(3-4)6(8)10/h1-6H,(H2,19,22)(H,20,21,23);1-3H;1-3H,(H2,7,9)(H2,8,10). The van der Waals surface area contributed by atoms with E-state index in [2.05, 4.69) is 24.8 Å². The second-order valence-corrected chi connectivity index (χ2v) is 9.08. The second-order valence-electron chi connectivity index (χ2n) is 8.74. The van der Waals surface area contributed by atoms with Crippen molar-refractivity contribution in [3.63, 3.8) is 0 Å². The lowest BCUT2D eigenvalue weighted by atomic mass is 10.2. The smallest absolute Gasteiger partial charge is 0.406 e. The average Bonchev–Trinajstić information content (AvgIpc) is 2.96. The van der Waals surface area contributed by atoms with Crippen LogP contribution in [0, 0.1) is 11.6 Å². The molecule has 0 fully saturated rings. The Morgan fingerprint density at radius 1 is 0.673 bits per heavy atom. The van der Waals surface area contributed by atoms with E-state index >= 15 is 0 Å². The van der Waals surface area contributed by atoms with Crippen LogP contribution in [0.5, 0.6) is 11.5 Å². The van der Waals surface area contributed by atoms with Crippen molar-refractivity contribution in [2.45, 2.75) is 12.7 Å². The number of alkyl halides is 6. The van der Waals surface area contributed by atoms with Gasteiger partial charge in [0.15, 0.2) is 0 Å². The van der Waals surface area contributed by atoms with Crippen LogP contribution in [0.4, 0.5) is 46.5 Å². The number of aromatic nitrogens is 2. The highest BCUT2D eigenvalue weighted by molar-refractivity contribution is 6.67. The third kappa shape index (κ3) is 13.7. The van der Waals surface area contributed by atoms with Gasteiger partial charge in [0.2, 0.25) is 0 Å². The zero-order valence-corrected chi connectivity index (χ0v) is 24.7. The third-order valence-corrected chi connectivity index (χ3v) is 5.31. The molecule has 0 saturated heterocycles. The second kappa shape index (κ2) is 16.7. The Bertz CT molecular complexity index is 1840. The lowest BCUT2D eigenvalue weighted by Gasteiger charge is -2.10. The lowest BCUT2D eigenvalue weighted by Crippen LogP contribution is -2.18. The minimum atomic E-state index is -4.97. The number of nitrogen functional groups attached to an aromatic ring is 1. The van der Waals surface area contributed by atoms with E-state index in [4.69, 9.17) is 28.8 Å². The largest absolute Gasteiger partial charge is 0.573 e. The Labute approximate surface area is 273 Å². The fraction of sp³-hybridized carbons (Fsp3) is 0.0714. The molecule has 4 rings (SSSR count). The van der Waals surface area contributed by atoms with Gasteiger partial charge in [-0.1, -0.05) is 0 Å². The first-order valence-electron chi connectivity index (χ1n) is 12.5. The van der Waals surface area contributed by atoms with Crippen LogP contribution in [0.1, 0.15) is 41.7 Å². The maximum atomic E-state index is 13.8. The molecule has 0 atom stereocenters. The zero-order chi connectivity index (χ0) is 37.1. The summed E-state index contributed by atoms with van der Waals surface area (Å²) in [6.45, 7) is 0. The van der Waals surface area contributed by atoms with Crippen molar-refractivity contribution in [3.8, 4) is 11.5 Å². The van der Waals surface area contributed by atoms with Crippen LogP contribution in [0.15, 0.2) is 73.1 Å². The van der Waals surface area contributed by atoms with Crippen molar-refractivity contribution >= 4 is 45.9 Å². The van der Waals surface area contributed by atoms with Crippen LogP contribution in [-0.4, -0.2) is 45.7 Å². The normalized spacial score (nSPS) is 10.7. The molecule has 260 valence electrons. The van der Waals surface area contributed by atoms with Crippen LogP contribution in [0.2, 0.25) is 0 Å². The molecule has 0 aliphatic rings. The van der Waals surface area contributed by atoms with Crippen molar-refractivity contribution in [2.24, 2.45) is 11.5 Å². The number of pyridine rings is 2. The van der Waals surface area contributed by atoms with Gasteiger partial charge in [0, 0.05) is 35.9 Å². The molecule has 4 aromatic rings. The van der Waals surface area contributed by atoms with Gasteiger partial charge in [-0.2, -0.15) is 0 Å². The number of amides is 3. The number of primary amides is 2. The van der Waals surface area contributed by atoms with Crippen LogP contribution >= 0.6 is 11.6 Å². The molecule has 2 heterocycles. The minimum Gasteiger partial charge on any atom is -0.406 e. The molecular weight excluding hydrogens is 704 g/mol. The Balaban J connectivity index is 0.000000283. The number of ether oxygens (including phenoxy) is 2. The van der Waals surface area contributed by atoms with E-state index in [1.807, 2.05) is 0 Å². The highest BCUT2D eigenvalue weighted by Crippen LogP contribution is 2.26. The molecule has 0 radical (unpaired) electrons. The number of carbonyl (C=O) groups excluding carboxylic acids is 4. The lowest BCUT2D eigenvalue weighted by molar-refractivity contribution is -0.275. The maximum absolute atomic E-state index is 13.8. The average molecular weight is 723 g/mol. The van der Waals surface area contributed by atoms with Crippen LogP contribution in [0.3, 0.4) is 0 Å². The van der Waals surface area contributed by atoms with Gasteiger partial charge in [-0.05, 0) is 60.1 Å². The number of benzene rings is 2. The van der Waals surface area contributed by atoms with Gasteiger partial charge in [-0.25, -0.2) is 8.78 Å². The van der Waals surface area contributed by atoms with Gasteiger partial charge in [-0.15, -0.1) is 26.3 Å². The highest BCUT2D eigenvalue weighted by Gasteiger charge is 2.32. The van der Waals surface area contributed by atoms with Gasteiger partial charge >= 0.3 is 12.7 Å². The summed E-state index contributed by atoms with van der Waals surface area (Å²) < 4.78 is 105. The summed E-state index contributed by atoms with van der Waals surface area (Å²) >= 11 is 4.95. The molecule has 0 saturated carbocycles. The fourth-order valence-electron chi connectivity index (χ4n) is 3.15. The van der Waals surface area contributed by atoms with E-state index in [1.54, 1.807) is 6.07 Å². The number of halogens is 9. The van der Waals surface area contributed by atoms with Gasteiger partial charge in [0.1, 0.15) is 34.5 Å². The monoisotopic (exact) mass is 722 g/mol. The predicted octanol–water partition coefficient (Wildman–Crippen LogP) is 5.34. The van der Waals surface area contributed by atoms with Crippen molar-refractivity contribution in [1.29, 1.82) is 0 Å². The first-order valence-corrected chi connectivity index (χ1v) is 12.9. The van der Waals surface area contributed by atoms with Crippen molar-refractivity contribution in [3.05, 3.63) is 107 Å². The van der Waals surface area contributed by atoms with Gasteiger partial charge in [-0.3, -0.25) is 29.1 Å². The van der Waals surface area contributed by atoms with Gasteiger partial charge < -0.3 is 32.0 Å². The molecule has 0 spiro atoms. The van der Waals surface area contributed by atoms with E-state index in [1.165, 1.54) is 30.6 Å². The number of rotatable bonds is 7. The fourth-order valence-corrected chi connectivity index (χ4v) is 3.31. The summed E-state index contributed by atoms with van der Waals surface area (Å²) in [4.78, 5) is 51.3. The zero-order valence-electron chi connectivity index (χ0n) is 23.9. The minimum absolute atomic E-state index is 0.110. The molecule has 0 bridgehead atoms. The number of carbonyl (C=O) groups is 4. The number of hydrogen-bond donors (Lipinski definition) is 4. The molecule has 0 unspecified atom stereocenters. The van der Waals surface area contributed by atoms with E-state index in [0.29, 0.717) is 17.8 Å². The number of nitrogens with two attached hydrogens (primary N) is 3. The summed E-state index contributed by atoms with van der Waals surface area (Å²) in [5.74, 6) is -6.25. The van der Waals surface area contributed by atoms with E-state index in [-0.39, 0.29) is 17.1 Å². The van der Waals surface area contributed by atoms with Gasteiger partial charge in [0.05, 0.1) is 11.1 Å². The predicted molar refractivity (Wildman–Crippen MR) is 154 cm³/mol. The molecule has 3 amide bonds. The first-order chi connectivity index (χ1) is 22.6. The van der Waals surface area contributed by atoms with E-state index in [9.17, 15) is 54.3 Å². The van der Waals surface area contributed by atoms with Crippen LogP contribution in [-0.2, 0) is 0 Å². The summed E-state index contributed by atoms with van der Waals surface area (Å²) in [6.07, 6.45) is -7.24. The van der Waals surface area contributed by atoms with Crippen molar-refractivity contribution < 1.29 is 63.8 Å². The maximum Gasteiger partial charge on any atom is 0.573 e. The molecule has 2 aromatic carbocycles. The molecule has 2 aromatic heterocycles. The number of anilines is 2. The van der Waals surface area contributed by atoms with Gasteiger partial charge in [0.25, 0.3) is 23.0 Å². The quantitative estimate of drug-likeness (QED) is 0.144. The molecule has 7 N–H and O–H groups in total. The summed E-state index contributed by atoms with van der Waals surface area (Å²) in [6, 6.07) is 9.62. The summed E-state index contributed by atoms with van der Waals surface area (Å²) in [7, 11) is 0. The molecular formula is C28H19ClF8N6O6. The highest BCUT2D eigenvalue weighted by atomic mass is 35.5. The Hall–Kier alpha value is -6.05. The molecule has 0 aliphatic heterocycles. The number of nitrogens with one attached hydrogen (secondary N) is 1. The molecule has 21 heteroatoms. The molecule has 12 nitrogen and oxygen atoms in total. The number of hydrogen-bond acceptors (Lipinski definition) is 9. The van der Waals surface area contributed by atoms with E-state index < -0.39 is 69.9 Å². The Morgan fingerprint density at radius 3 is 1.51 bits per heavy atom. The Morgan fingerprint density at radius 2 is 1.12 bits per heavy atom. The summed E-state index contributed by atoms with van der Waals surface area (Å²) in [5, 5.41) is 1.18. The first kappa shape index (κ1) is 39.1. The summed E-state index contributed by atoms with van der Waals surface area (Å²) in [5.41, 5.74) is 15.0. The van der Waals surface area contributed by atoms with Crippen LogP contribution in [0.25, 0.3) is 0 Å². The SMILES string of the molecule is NC(=O)c1cc(N)ccn1.NC(=O)c1cc(NC(=O)c2ccc(OC(F)(F)F)cc2F)ccn1.O=C(Cl)c1ccc(OC(F)(F)F)cc1F. The van der Waals surface area contributed by atoms with Crippen molar-refractivity contribution in [2.75, 3.05) is 11.1 Å². The van der Waals surface area contributed by atoms with Crippen molar-refractivity contribution in [1.82, 2.24) is 9.97 Å². The Kier molecular flexibility index (Phi) is 13.3. The van der Waals surface area contributed by atoms with E-state index in [0.717, 1.165) is 24.3 Å². The molecule has 0 aliphatic carbocycles. The topological polar surface area (TPSA) is 203 Å². The molecule has 49 heavy (non-hydrogen) atoms.